The van der Waals surface area contributed by atoms with Crippen molar-refractivity contribution in [1.29, 1.82) is 0 Å². The Labute approximate surface area is 171 Å². The van der Waals surface area contributed by atoms with Gasteiger partial charge in [-0.3, -0.25) is 4.99 Å². The summed E-state index contributed by atoms with van der Waals surface area (Å²) in [5.74, 6) is 0.873. The van der Waals surface area contributed by atoms with Gasteiger partial charge in [0.2, 0.25) is 0 Å². The summed E-state index contributed by atoms with van der Waals surface area (Å²) in [6.07, 6.45) is 1.72. The minimum absolute atomic E-state index is 0.147. The summed E-state index contributed by atoms with van der Waals surface area (Å²) in [7, 11) is 0. The predicted molar refractivity (Wildman–Crippen MR) is 120 cm³/mol. The maximum atomic E-state index is 9.96. The molecule has 0 saturated carbocycles. The van der Waals surface area contributed by atoms with Gasteiger partial charge in [0.25, 0.3) is 0 Å². The van der Waals surface area contributed by atoms with Crippen LogP contribution in [0.1, 0.15) is 5.56 Å². The van der Waals surface area contributed by atoms with Crippen molar-refractivity contribution in [2.75, 3.05) is 0 Å². The maximum absolute atomic E-state index is 9.96. The standard InChI is InChI=1S/C25H20BNO2/c28-24-17-9-8-16-23(24)27-19-20-11-7-10-18-25(20)29-26(21-12-3-1-4-13-21)22-14-5-2-6-15-22/h1-19,28H. The summed E-state index contributed by atoms with van der Waals surface area (Å²) in [5, 5.41) is 9.96. The van der Waals surface area contributed by atoms with E-state index in [4.69, 9.17) is 4.65 Å². The molecular weight excluding hydrogens is 357 g/mol. The van der Waals surface area contributed by atoms with Gasteiger partial charge in [0.05, 0.1) is 0 Å². The highest BCUT2D eigenvalue weighted by molar-refractivity contribution is 6.80. The zero-order chi connectivity index (χ0) is 19.9. The fourth-order valence-electron chi connectivity index (χ4n) is 3.12. The third kappa shape index (κ3) is 4.56. The number of phenols is 1. The first-order chi connectivity index (χ1) is 14.3. The molecule has 4 aromatic carbocycles. The van der Waals surface area contributed by atoms with E-state index in [1.54, 1.807) is 24.4 Å². The topological polar surface area (TPSA) is 41.8 Å². The molecule has 0 radical (unpaired) electrons. The maximum Gasteiger partial charge on any atom is 0.426 e. The fraction of sp³-hybridized carbons (Fsp3) is 0. The van der Waals surface area contributed by atoms with E-state index in [0.717, 1.165) is 22.2 Å². The van der Waals surface area contributed by atoms with Gasteiger partial charge in [-0.2, -0.15) is 0 Å². The Morgan fingerprint density at radius 2 is 1.21 bits per heavy atom. The van der Waals surface area contributed by atoms with Crippen molar-refractivity contribution in [2.24, 2.45) is 4.99 Å². The molecule has 0 amide bonds. The van der Waals surface area contributed by atoms with Gasteiger partial charge >= 0.3 is 6.92 Å². The number of rotatable bonds is 6. The van der Waals surface area contributed by atoms with Crippen LogP contribution in [0.4, 0.5) is 5.69 Å². The molecule has 4 rings (SSSR count). The molecule has 0 aromatic heterocycles. The van der Waals surface area contributed by atoms with Crippen molar-refractivity contribution >= 4 is 29.7 Å². The van der Waals surface area contributed by atoms with Gasteiger partial charge in [0.1, 0.15) is 17.2 Å². The van der Waals surface area contributed by atoms with Gasteiger partial charge in [0.15, 0.2) is 0 Å². The van der Waals surface area contributed by atoms with E-state index in [-0.39, 0.29) is 12.7 Å². The highest BCUT2D eigenvalue weighted by Gasteiger charge is 2.23. The number of para-hydroxylation sites is 3. The first-order valence-electron chi connectivity index (χ1n) is 9.49. The first kappa shape index (κ1) is 18.6. The Bertz CT molecular complexity index is 1060. The summed E-state index contributed by atoms with van der Waals surface area (Å²) >= 11 is 0. The SMILES string of the molecule is Oc1ccccc1N=Cc1ccccc1OB(c1ccccc1)c1ccccc1. The molecule has 0 saturated heterocycles. The number of aliphatic imine (C=N–C) groups is 1. The lowest BCUT2D eigenvalue weighted by Gasteiger charge is -2.18. The molecule has 140 valence electrons. The van der Waals surface area contributed by atoms with E-state index in [0.29, 0.717) is 5.69 Å². The Kier molecular flexibility index (Phi) is 5.72. The third-order valence-corrected chi connectivity index (χ3v) is 4.59. The molecule has 0 atom stereocenters. The zero-order valence-corrected chi connectivity index (χ0v) is 15.8. The average molecular weight is 377 g/mol. The monoisotopic (exact) mass is 377 g/mol. The van der Waals surface area contributed by atoms with Crippen molar-refractivity contribution in [3.05, 3.63) is 115 Å². The second kappa shape index (κ2) is 8.94. The molecule has 29 heavy (non-hydrogen) atoms. The molecule has 4 heteroatoms. The van der Waals surface area contributed by atoms with Crippen molar-refractivity contribution < 1.29 is 9.76 Å². The lowest BCUT2D eigenvalue weighted by Crippen LogP contribution is -2.47. The fourth-order valence-corrected chi connectivity index (χ4v) is 3.12. The van der Waals surface area contributed by atoms with E-state index < -0.39 is 0 Å². The molecule has 1 N–H and O–H groups in total. The first-order valence-corrected chi connectivity index (χ1v) is 9.49. The number of aromatic hydroxyl groups is 1. The van der Waals surface area contributed by atoms with E-state index >= 15 is 0 Å². The summed E-state index contributed by atoms with van der Waals surface area (Å²) in [5.41, 5.74) is 3.51. The number of benzene rings is 4. The molecule has 0 spiro atoms. The molecule has 0 unspecified atom stereocenters. The minimum atomic E-state index is -0.239. The normalized spacial score (nSPS) is 10.8. The van der Waals surface area contributed by atoms with E-state index in [2.05, 4.69) is 29.3 Å². The second-order valence-electron chi connectivity index (χ2n) is 6.60. The smallest absolute Gasteiger partial charge is 0.426 e. The number of nitrogens with zero attached hydrogens (tertiary/aromatic N) is 1. The largest absolute Gasteiger partial charge is 0.551 e. The van der Waals surface area contributed by atoms with Gasteiger partial charge < -0.3 is 9.76 Å². The van der Waals surface area contributed by atoms with Crippen LogP contribution >= 0.6 is 0 Å². The van der Waals surface area contributed by atoms with Crippen molar-refractivity contribution in [2.45, 2.75) is 0 Å². The molecule has 0 bridgehead atoms. The number of phenolic OH excluding ortho intramolecular Hbond substituents is 1. The molecular formula is C25H20BNO2. The van der Waals surface area contributed by atoms with Gasteiger partial charge in [-0.15, -0.1) is 0 Å². The highest BCUT2D eigenvalue weighted by Crippen LogP contribution is 2.25. The van der Waals surface area contributed by atoms with Gasteiger partial charge in [-0.25, -0.2) is 0 Å². The molecule has 0 aliphatic heterocycles. The van der Waals surface area contributed by atoms with Crippen molar-refractivity contribution in [1.82, 2.24) is 0 Å². The third-order valence-electron chi connectivity index (χ3n) is 4.59. The van der Waals surface area contributed by atoms with Crippen LogP contribution in [0.15, 0.2) is 114 Å². The van der Waals surface area contributed by atoms with E-state index in [1.807, 2.05) is 66.7 Å². The molecule has 3 nitrogen and oxygen atoms in total. The van der Waals surface area contributed by atoms with Crippen molar-refractivity contribution in [3.8, 4) is 11.5 Å². The highest BCUT2D eigenvalue weighted by atomic mass is 16.4. The van der Waals surface area contributed by atoms with E-state index in [1.165, 1.54) is 0 Å². The average Bonchev–Trinajstić information content (AvgIpc) is 2.79. The van der Waals surface area contributed by atoms with Crippen LogP contribution in [0, 0.1) is 0 Å². The van der Waals surface area contributed by atoms with Crippen LogP contribution in [0.3, 0.4) is 0 Å². The predicted octanol–water partition coefficient (Wildman–Crippen LogP) is 4.33. The van der Waals surface area contributed by atoms with Gasteiger partial charge in [0, 0.05) is 11.8 Å². The lowest BCUT2D eigenvalue weighted by molar-refractivity contribution is 0.477. The quantitative estimate of drug-likeness (QED) is 0.402. The molecule has 4 aromatic rings. The Morgan fingerprint density at radius 1 is 0.655 bits per heavy atom. The number of hydrogen-bond acceptors (Lipinski definition) is 3. The second-order valence-corrected chi connectivity index (χ2v) is 6.60. The van der Waals surface area contributed by atoms with Crippen LogP contribution in [-0.2, 0) is 0 Å². The summed E-state index contributed by atoms with van der Waals surface area (Å²) in [6.45, 7) is -0.239. The Hall–Kier alpha value is -3.79. The van der Waals surface area contributed by atoms with Crippen LogP contribution < -0.4 is 15.6 Å². The van der Waals surface area contributed by atoms with Gasteiger partial charge in [-0.1, -0.05) is 84.9 Å². The minimum Gasteiger partial charge on any atom is -0.551 e. The molecule has 0 heterocycles. The van der Waals surface area contributed by atoms with E-state index in [9.17, 15) is 5.11 Å². The van der Waals surface area contributed by atoms with Crippen molar-refractivity contribution in [3.63, 3.8) is 0 Å². The van der Waals surface area contributed by atoms with Gasteiger partial charge in [-0.05, 0) is 35.2 Å². The Morgan fingerprint density at radius 3 is 1.86 bits per heavy atom. The summed E-state index contributed by atoms with van der Waals surface area (Å²) < 4.78 is 6.48. The molecule has 0 aliphatic carbocycles. The zero-order valence-electron chi connectivity index (χ0n) is 15.8. The summed E-state index contributed by atoms with van der Waals surface area (Å²) in [6, 6.07) is 35.1. The van der Waals surface area contributed by atoms with Crippen LogP contribution in [0.5, 0.6) is 11.5 Å². The molecule has 0 fully saturated rings. The summed E-state index contributed by atoms with van der Waals surface area (Å²) in [4.78, 5) is 4.43. The number of hydrogen-bond donors (Lipinski definition) is 1. The van der Waals surface area contributed by atoms with Crippen LogP contribution in [0.2, 0.25) is 0 Å². The Balaban J connectivity index is 1.68. The van der Waals surface area contributed by atoms with Crippen LogP contribution in [-0.4, -0.2) is 18.2 Å². The molecule has 0 aliphatic rings. The van der Waals surface area contributed by atoms with Crippen LogP contribution in [0.25, 0.3) is 0 Å². The lowest BCUT2D eigenvalue weighted by atomic mass is 9.55.